The first-order valence-corrected chi connectivity index (χ1v) is 18.6. The standard InChI is InChI=1S/C21H24N10O10P2S2/c22-15-9-17(26-3-24-15)30(5-28-9)19-11(32)13-7(37-19)2-36-42(34,44)41-14-12(33)20(31-6-29-10-16(23)25-4-27-18(10)31)38-21(14)1-8(21)39-43(35,45)40-13/h3-8,11-14,19-20,32-33H,1-2H2,(H,34,44)(H,35,45)(H2,22,24,26)(H2,23,25,27)/t7?,8-,11-,12-,13-,14+,19-,20-,21-,42?,43?/m1/s1. The van der Waals surface area contributed by atoms with Crippen LogP contribution < -0.4 is 11.5 Å². The quantitative estimate of drug-likeness (QED) is 0.114. The lowest BCUT2D eigenvalue weighted by Gasteiger charge is -2.29. The highest BCUT2D eigenvalue weighted by Crippen LogP contribution is 2.67. The highest BCUT2D eigenvalue weighted by molar-refractivity contribution is 8.44. The number of hydrogen-bond donors (Lipinski definition) is 6. The van der Waals surface area contributed by atoms with Crippen molar-refractivity contribution in [2.45, 2.75) is 61.1 Å². The summed E-state index contributed by atoms with van der Waals surface area (Å²) in [6.45, 7) is -8.91. The highest BCUT2D eigenvalue weighted by atomic mass is 32.7. The molecule has 4 aliphatic rings. The fraction of sp³-hybridized carbons (Fsp3) is 0.524. The molecule has 3 unspecified atom stereocenters. The van der Waals surface area contributed by atoms with E-state index in [1.807, 2.05) is 0 Å². The molecule has 1 spiro atoms. The lowest BCUT2D eigenvalue weighted by Crippen LogP contribution is -2.39. The molecule has 7 heterocycles. The first-order valence-electron chi connectivity index (χ1n) is 13.3. The molecule has 3 saturated heterocycles. The number of imidazole rings is 2. The summed E-state index contributed by atoms with van der Waals surface area (Å²) in [4.78, 5) is 35.7. The van der Waals surface area contributed by atoms with Gasteiger partial charge >= 0.3 is 13.5 Å². The summed E-state index contributed by atoms with van der Waals surface area (Å²) in [5.41, 5.74) is 11.4. The van der Waals surface area contributed by atoms with Gasteiger partial charge in [0.2, 0.25) is 0 Å². The van der Waals surface area contributed by atoms with Crippen molar-refractivity contribution >= 4 is 71.5 Å². The van der Waals surface area contributed by atoms with Crippen LogP contribution in [0.15, 0.2) is 25.3 Å². The molecule has 8 rings (SSSR count). The van der Waals surface area contributed by atoms with Crippen LogP contribution in [0.4, 0.5) is 11.6 Å². The second kappa shape index (κ2) is 10.3. The summed E-state index contributed by atoms with van der Waals surface area (Å²) >= 11 is 9.48. The zero-order chi connectivity index (χ0) is 31.5. The zero-order valence-electron chi connectivity index (χ0n) is 22.5. The van der Waals surface area contributed by atoms with Crippen molar-refractivity contribution in [2.75, 3.05) is 18.1 Å². The number of aliphatic hydroxyl groups is 2. The van der Waals surface area contributed by atoms with Crippen LogP contribution in [0.3, 0.4) is 0 Å². The summed E-state index contributed by atoms with van der Waals surface area (Å²) < 4.78 is 51.8. The third-order valence-corrected chi connectivity index (χ3v) is 11.2. The Balaban J connectivity index is 1.11. The SMILES string of the molecule is Nc1ncnc2c1ncn2[C@@H]1OC2COP(O)(=S)O[C@H]3[C@@H](O)[C@H](n4cnc5c(N)ncnc54)O[C@@]34C[C@H]4OP(=O)(S)O[C@H]2[C@H]1O. The third-order valence-electron chi connectivity index (χ3n) is 8.11. The number of aliphatic hydroxyl groups excluding tert-OH is 2. The first kappa shape index (κ1) is 29.9. The van der Waals surface area contributed by atoms with E-state index in [0.717, 1.165) is 0 Å². The third kappa shape index (κ3) is 4.79. The van der Waals surface area contributed by atoms with E-state index >= 15 is 0 Å². The first-order chi connectivity index (χ1) is 21.4. The van der Waals surface area contributed by atoms with Crippen LogP contribution in [0.25, 0.3) is 22.3 Å². The van der Waals surface area contributed by atoms with E-state index in [-0.39, 0.29) is 40.4 Å². The van der Waals surface area contributed by atoms with Gasteiger partial charge in [0.1, 0.15) is 65.9 Å². The molecule has 4 aromatic heterocycles. The van der Waals surface area contributed by atoms with Crippen LogP contribution in [0.1, 0.15) is 18.9 Å². The Morgan fingerprint density at radius 3 is 2.20 bits per heavy atom. The molecule has 4 aromatic rings. The Morgan fingerprint density at radius 1 is 0.933 bits per heavy atom. The zero-order valence-corrected chi connectivity index (χ0v) is 26.0. The summed E-state index contributed by atoms with van der Waals surface area (Å²) in [5.74, 6) is 0.223. The Labute approximate surface area is 261 Å². The maximum Gasteiger partial charge on any atom is 0.386 e. The molecule has 7 N–H and O–H groups in total. The van der Waals surface area contributed by atoms with E-state index in [4.69, 9.17) is 50.8 Å². The van der Waals surface area contributed by atoms with Gasteiger partial charge in [-0.3, -0.25) is 22.7 Å². The molecule has 3 aliphatic heterocycles. The van der Waals surface area contributed by atoms with Crippen molar-refractivity contribution < 1.29 is 47.2 Å². The average molecular weight is 703 g/mol. The predicted octanol–water partition coefficient (Wildman–Crippen LogP) is -0.438. The summed E-state index contributed by atoms with van der Waals surface area (Å²) in [6.07, 6.45) is -5.01. The van der Waals surface area contributed by atoms with Gasteiger partial charge in [0, 0.05) is 6.42 Å². The monoisotopic (exact) mass is 702 g/mol. The van der Waals surface area contributed by atoms with Crippen LogP contribution in [0.2, 0.25) is 0 Å². The maximum absolute atomic E-state index is 13.7. The summed E-state index contributed by atoms with van der Waals surface area (Å²) in [6, 6.07) is 0. The van der Waals surface area contributed by atoms with Gasteiger partial charge in [-0.2, -0.15) is 0 Å². The number of rotatable bonds is 2. The number of nitrogens with two attached hydrogens (primary N) is 2. The van der Waals surface area contributed by atoms with Gasteiger partial charge in [-0.25, -0.2) is 34.5 Å². The van der Waals surface area contributed by atoms with Gasteiger partial charge in [0.05, 0.1) is 19.3 Å². The summed E-state index contributed by atoms with van der Waals surface area (Å²) in [7, 11) is 0. The van der Waals surface area contributed by atoms with E-state index < -0.39 is 74.8 Å². The number of hydrogen-bond acceptors (Lipinski definition) is 18. The van der Waals surface area contributed by atoms with Gasteiger partial charge in [-0.15, -0.1) is 0 Å². The van der Waals surface area contributed by atoms with Crippen LogP contribution >= 0.6 is 25.8 Å². The number of thiol groups is 1. The molecule has 4 fully saturated rings. The molecular formula is C21H24N10O10P2S2. The Bertz CT molecular complexity index is 1940. The second-order valence-corrected chi connectivity index (χ2v) is 16.4. The highest BCUT2D eigenvalue weighted by Gasteiger charge is 2.73. The molecule has 240 valence electrons. The number of nitrogen functional groups attached to an aromatic ring is 2. The molecule has 20 nitrogen and oxygen atoms in total. The van der Waals surface area contributed by atoms with Crippen molar-refractivity contribution in [2.24, 2.45) is 0 Å². The lowest BCUT2D eigenvalue weighted by molar-refractivity contribution is -0.0661. The van der Waals surface area contributed by atoms with Gasteiger partial charge < -0.3 is 40.6 Å². The number of ether oxygens (including phenoxy) is 2. The van der Waals surface area contributed by atoms with Gasteiger partial charge in [0.15, 0.2) is 35.4 Å². The number of aromatic nitrogens is 8. The molecule has 1 aliphatic carbocycles. The van der Waals surface area contributed by atoms with Crippen molar-refractivity contribution in [3.8, 4) is 0 Å². The van der Waals surface area contributed by atoms with Gasteiger partial charge in [0.25, 0.3) is 0 Å². The van der Waals surface area contributed by atoms with E-state index in [2.05, 4.69) is 42.2 Å². The fourth-order valence-corrected chi connectivity index (χ4v) is 9.27. The molecular weight excluding hydrogens is 678 g/mol. The van der Waals surface area contributed by atoms with Crippen molar-refractivity contribution in [1.82, 2.24) is 39.0 Å². The van der Waals surface area contributed by atoms with E-state index in [1.54, 1.807) is 0 Å². The number of anilines is 2. The number of nitrogens with zero attached hydrogens (tertiary/aromatic N) is 8. The number of fused-ring (bicyclic) bond motifs is 3. The van der Waals surface area contributed by atoms with E-state index in [9.17, 15) is 19.7 Å². The molecule has 1 saturated carbocycles. The molecule has 0 aromatic carbocycles. The largest absolute Gasteiger partial charge is 0.386 e. The Kier molecular flexibility index (Phi) is 6.84. The summed E-state index contributed by atoms with van der Waals surface area (Å²) in [5, 5.41) is 22.8. The Hall–Kier alpha value is -2.43. The van der Waals surface area contributed by atoms with Gasteiger partial charge in [-0.05, 0) is 11.8 Å². The van der Waals surface area contributed by atoms with Crippen LogP contribution in [0.5, 0.6) is 0 Å². The molecule has 0 bridgehead atoms. The topological polar surface area (TPSA) is 272 Å². The minimum Gasteiger partial charge on any atom is -0.386 e. The maximum atomic E-state index is 13.7. The second-order valence-electron chi connectivity index (χ2n) is 10.8. The van der Waals surface area contributed by atoms with Crippen molar-refractivity contribution in [1.29, 1.82) is 0 Å². The molecule has 0 amide bonds. The van der Waals surface area contributed by atoms with Crippen LogP contribution in [-0.4, -0.2) is 103 Å². The molecule has 24 heteroatoms. The predicted molar refractivity (Wildman–Crippen MR) is 157 cm³/mol. The molecule has 11 atom stereocenters. The van der Waals surface area contributed by atoms with Gasteiger partial charge in [-0.1, -0.05) is 12.2 Å². The molecule has 45 heavy (non-hydrogen) atoms. The smallest absolute Gasteiger partial charge is 0.386 e. The average Bonchev–Trinajstić information content (AvgIpc) is 3.36. The normalized spacial score (nSPS) is 41.7. The lowest BCUT2D eigenvalue weighted by atomic mass is 10.1. The van der Waals surface area contributed by atoms with Crippen molar-refractivity contribution in [3.63, 3.8) is 0 Å². The van der Waals surface area contributed by atoms with E-state index in [1.165, 1.54) is 34.4 Å². The van der Waals surface area contributed by atoms with Crippen LogP contribution in [-0.2, 0) is 43.9 Å². The van der Waals surface area contributed by atoms with E-state index in [0.29, 0.717) is 0 Å². The fourth-order valence-electron chi connectivity index (χ4n) is 5.96. The van der Waals surface area contributed by atoms with Crippen LogP contribution in [0, 0.1) is 0 Å². The van der Waals surface area contributed by atoms with Crippen molar-refractivity contribution in [3.05, 3.63) is 25.3 Å². The minimum absolute atomic E-state index is 0.0378. The molecule has 0 radical (unpaired) electrons. The Morgan fingerprint density at radius 2 is 1.56 bits per heavy atom. The minimum atomic E-state index is -4.28.